The van der Waals surface area contributed by atoms with E-state index >= 15 is 0 Å². The van der Waals surface area contributed by atoms with Crippen LogP contribution in [-0.4, -0.2) is 42.5 Å². The normalized spacial score (nSPS) is 17.9. The Balaban J connectivity index is 1.46. The van der Waals surface area contributed by atoms with Gasteiger partial charge in [0.25, 0.3) is 5.91 Å². The molecule has 1 fully saturated rings. The van der Waals surface area contributed by atoms with Crippen molar-refractivity contribution in [1.82, 2.24) is 10.2 Å². The number of carbonyl (C=O) groups excluding carboxylic acids is 2. The summed E-state index contributed by atoms with van der Waals surface area (Å²) in [5.41, 5.74) is 1.93. The molecule has 2 aromatic carbocycles. The molecule has 0 aromatic heterocycles. The molecule has 1 heterocycles. The van der Waals surface area contributed by atoms with Crippen molar-refractivity contribution in [1.29, 1.82) is 0 Å². The summed E-state index contributed by atoms with van der Waals surface area (Å²) in [5, 5.41) is 8.55. The maximum atomic E-state index is 12.4. The zero-order valence-corrected chi connectivity index (χ0v) is 17.2. The van der Waals surface area contributed by atoms with Crippen molar-refractivity contribution >= 4 is 23.3 Å². The highest BCUT2D eigenvalue weighted by atomic mass is 16.2. The second kappa shape index (κ2) is 10.1. The number of para-hydroxylation sites is 1. The molecule has 154 valence electrons. The number of nitrogens with zero attached hydrogens (tertiary/aromatic N) is 1. The highest BCUT2D eigenvalue weighted by Gasteiger charge is 2.21. The molecular formula is C23H30N4O2. The third-order valence-corrected chi connectivity index (χ3v) is 5.31. The lowest BCUT2D eigenvalue weighted by molar-refractivity contribution is 0.0917. The summed E-state index contributed by atoms with van der Waals surface area (Å²) in [6.45, 7) is 7.28. The minimum absolute atomic E-state index is 0.0952. The van der Waals surface area contributed by atoms with Gasteiger partial charge >= 0.3 is 6.03 Å². The van der Waals surface area contributed by atoms with Gasteiger partial charge in [0, 0.05) is 36.1 Å². The number of nitrogens with one attached hydrogen (secondary N) is 3. The first kappa shape index (κ1) is 20.9. The van der Waals surface area contributed by atoms with Crippen LogP contribution < -0.4 is 16.0 Å². The molecule has 29 heavy (non-hydrogen) atoms. The summed E-state index contributed by atoms with van der Waals surface area (Å²) in [5.74, 6) is 0.628. The fourth-order valence-corrected chi connectivity index (χ4v) is 3.62. The van der Waals surface area contributed by atoms with Crippen LogP contribution in [0.4, 0.5) is 16.2 Å². The molecule has 1 aliphatic rings. The Morgan fingerprint density at radius 3 is 2.34 bits per heavy atom. The Morgan fingerprint density at radius 1 is 1.03 bits per heavy atom. The van der Waals surface area contributed by atoms with Crippen molar-refractivity contribution in [3.05, 3.63) is 60.2 Å². The van der Waals surface area contributed by atoms with E-state index in [0.29, 0.717) is 23.8 Å². The molecule has 3 N–H and O–H groups in total. The maximum absolute atomic E-state index is 12.4. The zero-order chi connectivity index (χ0) is 20.6. The number of hydrogen-bond acceptors (Lipinski definition) is 3. The van der Waals surface area contributed by atoms with Crippen molar-refractivity contribution in [2.24, 2.45) is 5.92 Å². The Kier molecular flexibility index (Phi) is 7.25. The second-order valence-electron chi connectivity index (χ2n) is 7.82. The van der Waals surface area contributed by atoms with Gasteiger partial charge in [0.05, 0.1) is 0 Å². The number of rotatable bonds is 6. The summed E-state index contributed by atoms with van der Waals surface area (Å²) in [6.07, 6.45) is 2.52. The summed E-state index contributed by atoms with van der Waals surface area (Å²) >= 11 is 0. The van der Waals surface area contributed by atoms with Gasteiger partial charge in [-0.25, -0.2) is 4.79 Å². The molecule has 2 aromatic rings. The molecule has 3 amide bonds. The first-order valence-electron chi connectivity index (χ1n) is 10.3. The first-order valence-corrected chi connectivity index (χ1v) is 10.3. The standard InChI is InChI=1S/C23H30N4O2/c1-17-7-6-14-27(16-17)18(2)15-24-22(28)19-10-12-21(13-11-19)26-23(29)25-20-8-4-3-5-9-20/h3-5,8-13,17-18H,6-7,14-16H2,1-2H3,(H,24,28)(H2,25,26,29). The van der Waals surface area contributed by atoms with Crippen molar-refractivity contribution in [2.45, 2.75) is 32.7 Å². The highest BCUT2D eigenvalue weighted by Crippen LogP contribution is 2.17. The van der Waals surface area contributed by atoms with Crippen molar-refractivity contribution in [3.63, 3.8) is 0 Å². The third-order valence-electron chi connectivity index (χ3n) is 5.31. The van der Waals surface area contributed by atoms with E-state index in [1.165, 1.54) is 12.8 Å². The Morgan fingerprint density at radius 2 is 1.69 bits per heavy atom. The Bertz CT molecular complexity index is 807. The molecule has 0 aliphatic carbocycles. The SMILES string of the molecule is CC1CCCN(C(C)CNC(=O)c2ccc(NC(=O)Nc3ccccc3)cc2)C1. The monoisotopic (exact) mass is 394 g/mol. The van der Waals surface area contributed by atoms with Gasteiger partial charge in [-0.2, -0.15) is 0 Å². The van der Waals surface area contributed by atoms with Gasteiger partial charge in [0.15, 0.2) is 0 Å². The van der Waals surface area contributed by atoms with Gasteiger partial charge in [0.2, 0.25) is 0 Å². The number of anilines is 2. The molecule has 0 saturated carbocycles. The summed E-state index contributed by atoms with van der Waals surface area (Å²) < 4.78 is 0. The molecule has 0 radical (unpaired) electrons. The molecule has 6 nitrogen and oxygen atoms in total. The van der Waals surface area contributed by atoms with Crippen molar-refractivity contribution in [2.75, 3.05) is 30.3 Å². The minimum atomic E-state index is -0.321. The van der Waals surface area contributed by atoms with Crippen molar-refractivity contribution < 1.29 is 9.59 Å². The van der Waals surface area contributed by atoms with E-state index in [-0.39, 0.29) is 11.9 Å². The number of urea groups is 1. The highest BCUT2D eigenvalue weighted by molar-refractivity contribution is 6.00. The fourth-order valence-electron chi connectivity index (χ4n) is 3.62. The van der Waals surface area contributed by atoms with E-state index in [1.54, 1.807) is 24.3 Å². The predicted octanol–water partition coefficient (Wildman–Crippen LogP) is 4.18. The summed E-state index contributed by atoms with van der Waals surface area (Å²) in [4.78, 5) is 26.9. The van der Waals surface area contributed by atoms with E-state index in [9.17, 15) is 9.59 Å². The second-order valence-corrected chi connectivity index (χ2v) is 7.82. The number of hydrogen-bond donors (Lipinski definition) is 3. The van der Waals surface area contributed by atoms with Gasteiger partial charge in [0.1, 0.15) is 0 Å². The van der Waals surface area contributed by atoms with Crippen LogP contribution >= 0.6 is 0 Å². The molecule has 1 aliphatic heterocycles. The lowest BCUT2D eigenvalue weighted by Gasteiger charge is -2.35. The molecule has 2 atom stereocenters. The van der Waals surface area contributed by atoms with Crippen LogP contribution in [0.3, 0.4) is 0 Å². The zero-order valence-electron chi connectivity index (χ0n) is 17.2. The topological polar surface area (TPSA) is 73.5 Å². The Hall–Kier alpha value is -2.86. The van der Waals surface area contributed by atoms with E-state index in [4.69, 9.17) is 0 Å². The smallest absolute Gasteiger partial charge is 0.323 e. The van der Waals surface area contributed by atoms with Crippen LogP contribution in [0.5, 0.6) is 0 Å². The predicted molar refractivity (Wildman–Crippen MR) is 117 cm³/mol. The van der Waals surface area contributed by atoms with E-state index in [0.717, 1.165) is 24.7 Å². The fraction of sp³-hybridized carbons (Fsp3) is 0.391. The van der Waals surface area contributed by atoms with Crippen LogP contribution in [0.1, 0.15) is 37.0 Å². The summed E-state index contributed by atoms with van der Waals surface area (Å²) in [7, 11) is 0. The average Bonchev–Trinajstić information content (AvgIpc) is 2.73. The largest absolute Gasteiger partial charge is 0.350 e. The van der Waals surface area contributed by atoms with Gasteiger partial charge in [-0.3, -0.25) is 9.69 Å². The molecule has 0 bridgehead atoms. The van der Waals surface area contributed by atoms with Gasteiger partial charge in [-0.05, 0) is 68.6 Å². The molecule has 1 saturated heterocycles. The van der Waals surface area contributed by atoms with Crippen LogP contribution in [0.25, 0.3) is 0 Å². The minimum Gasteiger partial charge on any atom is -0.350 e. The number of carbonyl (C=O) groups is 2. The maximum Gasteiger partial charge on any atom is 0.323 e. The van der Waals surface area contributed by atoms with Crippen LogP contribution in [0.2, 0.25) is 0 Å². The molecular weight excluding hydrogens is 364 g/mol. The van der Waals surface area contributed by atoms with Gasteiger partial charge in [-0.15, -0.1) is 0 Å². The quantitative estimate of drug-likeness (QED) is 0.688. The third kappa shape index (κ3) is 6.32. The average molecular weight is 395 g/mol. The van der Waals surface area contributed by atoms with E-state index < -0.39 is 0 Å². The first-order chi connectivity index (χ1) is 14.0. The van der Waals surface area contributed by atoms with Crippen LogP contribution in [0.15, 0.2) is 54.6 Å². The van der Waals surface area contributed by atoms with Crippen LogP contribution in [-0.2, 0) is 0 Å². The number of benzene rings is 2. The van der Waals surface area contributed by atoms with E-state index in [1.807, 2.05) is 30.3 Å². The van der Waals surface area contributed by atoms with Gasteiger partial charge in [-0.1, -0.05) is 25.1 Å². The van der Waals surface area contributed by atoms with Gasteiger partial charge < -0.3 is 16.0 Å². The molecule has 0 spiro atoms. The lowest BCUT2D eigenvalue weighted by Crippen LogP contribution is -2.46. The number of amides is 3. The Labute approximate surface area is 172 Å². The summed E-state index contributed by atoms with van der Waals surface area (Å²) in [6, 6.07) is 16.2. The number of piperidine rings is 1. The molecule has 3 rings (SSSR count). The molecule has 2 unspecified atom stereocenters. The van der Waals surface area contributed by atoms with E-state index in [2.05, 4.69) is 34.7 Å². The van der Waals surface area contributed by atoms with Crippen molar-refractivity contribution in [3.8, 4) is 0 Å². The lowest BCUT2D eigenvalue weighted by atomic mass is 9.99. The van der Waals surface area contributed by atoms with Crippen LogP contribution in [0, 0.1) is 5.92 Å². The molecule has 6 heteroatoms. The number of likely N-dealkylation sites (tertiary alicyclic amines) is 1.